The summed E-state index contributed by atoms with van der Waals surface area (Å²) in [5, 5.41) is 10.7. The molecule has 116 valence electrons. The van der Waals surface area contributed by atoms with Crippen LogP contribution in [0.2, 0.25) is 5.02 Å². The molecule has 1 saturated carbocycles. The van der Waals surface area contributed by atoms with Gasteiger partial charge >= 0.3 is 0 Å². The summed E-state index contributed by atoms with van der Waals surface area (Å²) < 4.78 is 27.2. The number of nitrogens with zero attached hydrogens (tertiary/aromatic N) is 1. The van der Waals surface area contributed by atoms with Crippen LogP contribution in [-0.4, -0.2) is 25.4 Å². The zero-order valence-electron chi connectivity index (χ0n) is 11.2. The first-order valence-corrected chi connectivity index (χ1v) is 8.37. The molecule has 0 aromatic heterocycles. The van der Waals surface area contributed by atoms with Crippen LogP contribution in [0, 0.1) is 10.1 Å². The molecule has 0 spiro atoms. The fourth-order valence-corrected chi connectivity index (χ4v) is 4.16. The third-order valence-electron chi connectivity index (χ3n) is 3.51. The molecule has 0 bridgehead atoms. The minimum atomic E-state index is -3.89. The normalized spacial score (nSPS) is 23.0. The Morgan fingerprint density at radius 2 is 1.90 bits per heavy atom. The van der Waals surface area contributed by atoms with Crippen LogP contribution in [0.4, 0.5) is 5.69 Å². The van der Waals surface area contributed by atoms with Crippen molar-refractivity contribution in [1.29, 1.82) is 0 Å². The molecule has 2 rings (SSSR count). The van der Waals surface area contributed by atoms with E-state index in [2.05, 4.69) is 4.72 Å². The topological polar surface area (TPSA) is 115 Å². The minimum absolute atomic E-state index is 0.0411. The summed E-state index contributed by atoms with van der Waals surface area (Å²) in [6.07, 6.45) is 2.78. The highest BCUT2D eigenvalue weighted by Gasteiger charge is 2.27. The van der Waals surface area contributed by atoms with E-state index in [1.165, 1.54) is 12.1 Å². The molecule has 0 saturated heterocycles. The zero-order valence-corrected chi connectivity index (χ0v) is 12.7. The number of rotatable bonds is 4. The van der Waals surface area contributed by atoms with Gasteiger partial charge in [0.25, 0.3) is 5.69 Å². The maximum atomic E-state index is 12.3. The maximum Gasteiger partial charge on any atom is 0.270 e. The molecule has 1 aliphatic carbocycles. The number of nitrogens with one attached hydrogen (secondary N) is 1. The Morgan fingerprint density at radius 1 is 1.29 bits per heavy atom. The van der Waals surface area contributed by atoms with Gasteiger partial charge in [0.1, 0.15) is 4.90 Å². The van der Waals surface area contributed by atoms with Crippen molar-refractivity contribution in [2.45, 2.75) is 42.7 Å². The van der Waals surface area contributed by atoms with E-state index >= 15 is 0 Å². The quantitative estimate of drug-likeness (QED) is 0.643. The monoisotopic (exact) mass is 333 g/mol. The molecule has 3 N–H and O–H groups in total. The summed E-state index contributed by atoms with van der Waals surface area (Å²) in [5.41, 5.74) is 5.46. The van der Waals surface area contributed by atoms with Crippen molar-refractivity contribution >= 4 is 27.3 Å². The Hall–Kier alpha value is -1.22. The van der Waals surface area contributed by atoms with E-state index in [1.807, 2.05) is 0 Å². The molecule has 0 radical (unpaired) electrons. The third-order valence-corrected chi connectivity index (χ3v) is 5.51. The van der Waals surface area contributed by atoms with Gasteiger partial charge in [0, 0.05) is 24.2 Å². The molecule has 1 fully saturated rings. The van der Waals surface area contributed by atoms with E-state index < -0.39 is 14.9 Å². The van der Waals surface area contributed by atoms with Crippen LogP contribution in [0.3, 0.4) is 0 Å². The average molecular weight is 334 g/mol. The van der Waals surface area contributed by atoms with Gasteiger partial charge in [0.15, 0.2) is 0 Å². The van der Waals surface area contributed by atoms with Crippen molar-refractivity contribution in [3.8, 4) is 0 Å². The second-order valence-corrected chi connectivity index (χ2v) is 7.19. The Balaban J connectivity index is 2.23. The molecule has 7 nitrogen and oxygen atoms in total. The molecular formula is C12H16ClN3O4S. The maximum absolute atomic E-state index is 12.3. The van der Waals surface area contributed by atoms with Gasteiger partial charge in [-0.1, -0.05) is 11.6 Å². The van der Waals surface area contributed by atoms with E-state index in [4.69, 9.17) is 17.3 Å². The molecule has 0 atom stereocenters. The number of halogens is 1. The van der Waals surface area contributed by atoms with Crippen LogP contribution in [0.15, 0.2) is 23.1 Å². The standard InChI is InChI=1S/C12H16ClN3O4S/c13-11-6-5-10(16(17)18)7-12(11)21(19,20)15-9-3-1-8(14)2-4-9/h5-9,15H,1-4,14H2. The molecule has 1 aromatic rings. The van der Waals surface area contributed by atoms with Gasteiger partial charge in [-0.05, 0) is 31.7 Å². The van der Waals surface area contributed by atoms with Crippen molar-refractivity contribution in [2.24, 2.45) is 5.73 Å². The van der Waals surface area contributed by atoms with E-state index in [0.29, 0.717) is 12.8 Å². The minimum Gasteiger partial charge on any atom is -0.328 e. The summed E-state index contributed by atoms with van der Waals surface area (Å²) in [7, 11) is -3.89. The van der Waals surface area contributed by atoms with E-state index in [1.54, 1.807) is 0 Å². The molecule has 9 heteroatoms. The molecule has 21 heavy (non-hydrogen) atoms. The van der Waals surface area contributed by atoms with Gasteiger partial charge in [-0.3, -0.25) is 10.1 Å². The Morgan fingerprint density at radius 3 is 2.48 bits per heavy atom. The summed E-state index contributed by atoms with van der Waals surface area (Å²) in [6, 6.07) is 3.24. The molecule has 0 heterocycles. The molecule has 0 unspecified atom stereocenters. The van der Waals surface area contributed by atoms with Crippen LogP contribution in [-0.2, 0) is 10.0 Å². The van der Waals surface area contributed by atoms with Gasteiger partial charge in [-0.15, -0.1) is 0 Å². The smallest absolute Gasteiger partial charge is 0.270 e. The largest absolute Gasteiger partial charge is 0.328 e. The first-order chi connectivity index (χ1) is 9.79. The van der Waals surface area contributed by atoms with Gasteiger partial charge in [0.05, 0.1) is 9.95 Å². The Labute approximate surface area is 127 Å². The molecule has 0 amide bonds. The fourth-order valence-electron chi connectivity index (χ4n) is 2.33. The Kier molecular flexibility index (Phi) is 4.82. The summed E-state index contributed by atoms with van der Waals surface area (Å²) in [6.45, 7) is 0. The second kappa shape index (κ2) is 6.27. The van der Waals surface area contributed by atoms with Crippen LogP contribution in [0.5, 0.6) is 0 Å². The van der Waals surface area contributed by atoms with Crippen molar-refractivity contribution in [3.63, 3.8) is 0 Å². The highest BCUT2D eigenvalue weighted by atomic mass is 35.5. The lowest BCUT2D eigenvalue weighted by Crippen LogP contribution is -2.40. The van der Waals surface area contributed by atoms with Gasteiger partial charge in [-0.2, -0.15) is 0 Å². The first-order valence-electron chi connectivity index (χ1n) is 6.51. The zero-order chi connectivity index (χ0) is 15.6. The van der Waals surface area contributed by atoms with Crippen molar-refractivity contribution < 1.29 is 13.3 Å². The van der Waals surface area contributed by atoms with Crippen molar-refractivity contribution in [3.05, 3.63) is 33.3 Å². The van der Waals surface area contributed by atoms with Crippen LogP contribution < -0.4 is 10.5 Å². The number of non-ortho nitro benzene ring substituents is 1. The molecule has 0 aliphatic heterocycles. The molecule has 1 aliphatic rings. The predicted molar refractivity (Wildman–Crippen MR) is 78.7 cm³/mol. The SMILES string of the molecule is NC1CCC(NS(=O)(=O)c2cc([N+](=O)[O-])ccc2Cl)CC1. The number of nitro benzene ring substituents is 1. The number of sulfonamides is 1. The summed E-state index contributed by atoms with van der Waals surface area (Å²) in [4.78, 5) is 9.82. The van der Waals surface area contributed by atoms with E-state index in [0.717, 1.165) is 18.9 Å². The number of hydrogen-bond donors (Lipinski definition) is 2. The second-order valence-electron chi connectivity index (χ2n) is 5.10. The average Bonchev–Trinajstić information content (AvgIpc) is 2.41. The molecular weight excluding hydrogens is 318 g/mol. The van der Waals surface area contributed by atoms with Crippen molar-refractivity contribution in [2.75, 3.05) is 0 Å². The number of nitrogens with two attached hydrogens (primary N) is 1. The lowest BCUT2D eigenvalue weighted by molar-refractivity contribution is -0.385. The van der Waals surface area contributed by atoms with Crippen LogP contribution in [0.25, 0.3) is 0 Å². The fraction of sp³-hybridized carbons (Fsp3) is 0.500. The Bertz CT molecular complexity index is 642. The van der Waals surface area contributed by atoms with Gasteiger partial charge in [-0.25, -0.2) is 13.1 Å². The third kappa shape index (κ3) is 3.91. The summed E-state index contributed by atoms with van der Waals surface area (Å²) >= 11 is 5.86. The number of benzene rings is 1. The highest BCUT2D eigenvalue weighted by Crippen LogP contribution is 2.27. The van der Waals surface area contributed by atoms with Crippen LogP contribution in [0.1, 0.15) is 25.7 Å². The van der Waals surface area contributed by atoms with Crippen molar-refractivity contribution in [1.82, 2.24) is 4.72 Å². The van der Waals surface area contributed by atoms with E-state index in [-0.39, 0.29) is 27.7 Å². The van der Waals surface area contributed by atoms with Crippen LogP contribution >= 0.6 is 11.6 Å². The highest BCUT2D eigenvalue weighted by molar-refractivity contribution is 7.89. The number of hydrogen-bond acceptors (Lipinski definition) is 5. The van der Waals surface area contributed by atoms with Gasteiger partial charge in [0.2, 0.25) is 10.0 Å². The lowest BCUT2D eigenvalue weighted by atomic mass is 9.93. The van der Waals surface area contributed by atoms with Gasteiger partial charge < -0.3 is 5.73 Å². The first kappa shape index (κ1) is 16.2. The summed E-state index contributed by atoms with van der Waals surface area (Å²) in [5.74, 6) is 0. The lowest BCUT2D eigenvalue weighted by Gasteiger charge is -2.26. The molecule has 1 aromatic carbocycles. The number of nitro groups is 1. The van der Waals surface area contributed by atoms with E-state index in [9.17, 15) is 18.5 Å². The predicted octanol–water partition coefficient (Wildman–Crippen LogP) is 1.80.